The largest absolute Gasteiger partial charge is 0.351 e. The van der Waals surface area contributed by atoms with Crippen molar-refractivity contribution < 1.29 is 9.59 Å². The fourth-order valence-electron chi connectivity index (χ4n) is 3.48. The Bertz CT molecular complexity index is 796. The SMILES string of the molecule is Cc1cccc(C(=O)NCCN2CCC(C(=O)c3ccc(Cl)cc3)CC2)c1. The zero-order valence-corrected chi connectivity index (χ0v) is 16.3. The van der Waals surface area contributed by atoms with Crippen LogP contribution in [0.4, 0.5) is 0 Å². The number of aryl methyl sites for hydroxylation is 1. The van der Waals surface area contributed by atoms with E-state index in [1.807, 2.05) is 31.2 Å². The first-order valence-electron chi connectivity index (χ1n) is 9.40. The molecule has 1 saturated heterocycles. The second-order valence-corrected chi connectivity index (χ2v) is 7.55. The molecule has 1 fully saturated rings. The van der Waals surface area contributed by atoms with E-state index in [1.54, 1.807) is 24.3 Å². The van der Waals surface area contributed by atoms with Crippen molar-refractivity contribution >= 4 is 23.3 Å². The van der Waals surface area contributed by atoms with Crippen molar-refractivity contribution in [1.29, 1.82) is 0 Å². The van der Waals surface area contributed by atoms with Gasteiger partial charge in [-0.05, 0) is 69.3 Å². The first-order chi connectivity index (χ1) is 13.0. The Morgan fingerprint density at radius 2 is 1.78 bits per heavy atom. The quantitative estimate of drug-likeness (QED) is 0.766. The minimum absolute atomic E-state index is 0.0356. The van der Waals surface area contributed by atoms with Crippen molar-refractivity contribution in [2.45, 2.75) is 19.8 Å². The molecule has 2 aromatic carbocycles. The predicted octanol–water partition coefficient (Wildman–Crippen LogP) is 3.97. The Balaban J connectivity index is 1.41. The second kappa shape index (κ2) is 9.16. The van der Waals surface area contributed by atoms with Crippen molar-refractivity contribution in [3.8, 4) is 0 Å². The van der Waals surface area contributed by atoms with E-state index in [9.17, 15) is 9.59 Å². The number of rotatable bonds is 6. The molecular formula is C22H25ClN2O2. The summed E-state index contributed by atoms with van der Waals surface area (Å²) in [6.45, 7) is 5.16. The van der Waals surface area contributed by atoms with Gasteiger partial charge in [-0.15, -0.1) is 0 Å². The van der Waals surface area contributed by atoms with Gasteiger partial charge in [-0.25, -0.2) is 0 Å². The lowest BCUT2D eigenvalue weighted by Crippen LogP contribution is -2.41. The highest BCUT2D eigenvalue weighted by molar-refractivity contribution is 6.30. The Morgan fingerprint density at radius 3 is 2.44 bits per heavy atom. The van der Waals surface area contributed by atoms with Gasteiger partial charge in [0.05, 0.1) is 0 Å². The molecule has 3 rings (SSSR count). The standard InChI is InChI=1S/C22H25ClN2O2/c1-16-3-2-4-19(15-16)22(27)24-11-14-25-12-9-18(10-13-25)21(26)17-5-7-20(23)8-6-17/h2-8,15,18H,9-14H2,1H3,(H,24,27). The van der Waals surface area contributed by atoms with Gasteiger partial charge in [0.15, 0.2) is 5.78 Å². The van der Waals surface area contributed by atoms with Crippen LogP contribution in [0, 0.1) is 12.8 Å². The van der Waals surface area contributed by atoms with Crippen LogP contribution in [-0.4, -0.2) is 42.8 Å². The van der Waals surface area contributed by atoms with Crippen LogP contribution in [0.15, 0.2) is 48.5 Å². The Kier molecular flexibility index (Phi) is 6.64. The van der Waals surface area contributed by atoms with Gasteiger partial charge in [0.1, 0.15) is 0 Å². The van der Waals surface area contributed by atoms with Crippen LogP contribution in [0.1, 0.15) is 39.1 Å². The summed E-state index contributed by atoms with van der Waals surface area (Å²) in [5.41, 5.74) is 2.51. The zero-order chi connectivity index (χ0) is 19.2. The van der Waals surface area contributed by atoms with E-state index in [0.717, 1.165) is 43.6 Å². The van der Waals surface area contributed by atoms with Gasteiger partial charge < -0.3 is 10.2 Å². The van der Waals surface area contributed by atoms with Gasteiger partial charge in [0.25, 0.3) is 5.91 Å². The summed E-state index contributed by atoms with van der Waals surface area (Å²) >= 11 is 5.89. The molecule has 1 aliphatic heterocycles. The third-order valence-corrected chi connectivity index (χ3v) is 5.33. The van der Waals surface area contributed by atoms with E-state index in [1.165, 1.54) is 0 Å². The van der Waals surface area contributed by atoms with Crippen LogP contribution in [0.2, 0.25) is 5.02 Å². The maximum atomic E-state index is 12.6. The molecule has 1 amide bonds. The number of hydrogen-bond donors (Lipinski definition) is 1. The summed E-state index contributed by atoms with van der Waals surface area (Å²) in [5.74, 6) is 0.245. The summed E-state index contributed by atoms with van der Waals surface area (Å²) in [6.07, 6.45) is 1.71. The van der Waals surface area contributed by atoms with E-state index in [2.05, 4.69) is 10.2 Å². The lowest BCUT2D eigenvalue weighted by molar-refractivity contribution is 0.0839. The van der Waals surface area contributed by atoms with Gasteiger partial charge in [-0.2, -0.15) is 0 Å². The monoisotopic (exact) mass is 384 g/mol. The molecule has 142 valence electrons. The highest BCUT2D eigenvalue weighted by Crippen LogP contribution is 2.22. The van der Waals surface area contributed by atoms with Gasteiger partial charge in [0, 0.05) is 35.2 Å². The molecule has 0 spiro atoms. The number of hydrogen-bond acceptors (Lipinski definition) is 3. The topological polar surface area (TPSA) is 49.4 Å². The number of ketones is 1. The number of halogens is 1. The van der Waals surface area contributed by atoms with Crippen LogP contribution in [0.5, 0.6) is 0 Å². The van der Waals surface area contributed by atoms with Crippen molar-refractivity contribution in [3.05, 3.63) is 70.2 Å². The Hall–Kier alpha value is -2.17. The zero-order valence-electron chi connectivity index (χ0n) is 15.6. The summed E-state index contributed by atoms with van der Waals surface area (Å²) in [5, 5.41) is 3.63. The second-order valence-electron chi connectivity index (χ2n) is 7.11. The number of nitrogens with one attached hydrogen (secondary N) is 1. The number of Topliss-reactive ketones (excluding diaryl/α,β-unsaturated/α-hetero) is 1. The number of piperidine rings is 1. The van der Waals surface area contributed by atoms with Crippen molar-refractivity contribution in [2.24, 2.45) is 5.92 Å². The average Bonchev–Trinajstić information content (AvgIpc) is 2.68. The summed E-state index contributed by atoms with van der Waals surface area (Å²) < 4.78 is 0. The molecule has 0 radical (unpaired) electrons. The fraction of sp³-hybridized carbons (Fsp3) is 0.364. The maximum Gasteiger partial charge on any atom is 0.251 e. The van der Waals surface area contributed by atoms with E-state index in [0.29, 0.717) is 17.1 Å². The number of likely N-dealkylation sites (tertiary alicyclic amines) is 1. The molecule has 1 N–H and O–H groups in total. The summed E-state index contributed by atoms with van der Waals surface area (Å²) in [6, 6.07) is 14.7. The summed E-state index contributed by atoms with van der Waals surface area (Å²) in [7, 11) is 0. The number of carbonyl (C=O) groups excluding carboxylic acids is 2. The van der Waals surface area contributed by atoms with E-state index in [-0.39, 0.29) is 17.6 Å². The minimum Gasteiger partial charge on any atom is -0.351 e. The van der Waals surface area contributed by atoms with Crippen LogP contribution in [0.3, 0.4) is 0 Å². The predicted molar refractivity (Wildman–Crippen MR) is 108 cm³/mol. The number of carbonyl (C=O) groups is 2. The van der Waals surface area contributed by atoms with Crippen LogP contribution < -0.4 is 5.32 Å². The smallest absolute Gasteiger partial charge is 0.251 e. The molecule has 5 heteroatoms. The van der Waals surface area contributed by atoms with E-state index >= 15 is 0 Å². The highest BCUT2D eigenvalue weighted by atomic mass is 35.5. The van der Waals surface area contributed by atoms with Crippen LogP contribution in [-0.2, 0) is 0 Å². The molecule has 1 aliphatic rings. The van der Waals surface area contributed by atoms with Crippen molar-refractivity contribution in [3.63, 3.8) is 0 Å². The molecule has 0 bridgehead atoms. The molecule has 1 heterocycles. The van der Waals surface area contributed by atoms with Gasteiger partial charge >= 0.3 is 0 Å². The van der Waals surface area contributed by atoms with Gasteiger partial charge in [0.2, 0.25) is 0 Å². The Morgan fingerprint density at radius 1 is 1.07 bits per heavy atom. The van der Waals surface area contributed by atoms with Gasteiger partial charge in [-0.1, -0.05) is 29.3 Å². The normalized spacial score (nSPS) is 15.5. The maximum absolute atomic E-state index is 12.6. The number of nitrogens with zero attached hydrogens (tertiary/aromatic N) is 1. The van der Waals surface area contributed by atoms with E-state index < -0.39 is 0 Å². The van der Waals surface area contributed by atoms with Crippen LogP contribution in [0.25, 0.3) is 0 Å². The molecule has 4 nitrogen and oxygen atoms in total. The average molecular weight is 385 g/mol. The number of amides is 1. The first kappa shape index (κ1) is 19.6. The van der Waals surface area contributed by atoms with Crippen LogP contribution >= 0.6 is 11.6 Å². The lowest BCUT2D eigenvalue weighted by atomic mass is 9.89. The van der Waals surface area contributed by atoms with E-state index in [4.69, 9.17) is 11.6 Å². The Labute approximate surface area is 165 Å². The first-order valence-corrected chi connectivity index (χ1v) is 9.78. The molecule has 0 atom stereocenters. The highest BCUT2D eigenvalue weighted by Gasteiger charge is 2.25. The molecule has 2 aromatic rings. The van der Waals surface area contributed by atoms with Crippen molar-refractivity contribution in [1.82, 2.24) is 10.2 Å². The third kappa shape index (κ3) is 5.41. The number of benzene rings is 2. The molecule has 0 saturated carbocycles. The molecule has 0 aromatic heterocycles. The summed E-state index contributed by atoms with van der Waals surface area (Å²) in [4.78, 5) is 27.1. The van der Waals surface area contributed by atoms with Crippen molar-refractivity contribution in [2.75, 3.05) is 26.2 Å². The van der Waals surface area contributed by atoms with Gasteiger partial charge in [-0.3, -0.25) is 9.59 Å². The molecular weight excluding hydrogens is 360 g/mol. The minimum atomic E-state index is -0.0356. The molecule has 0 unspecified atom stereocenters. The molecule has 27 heavy (non-hydrogen) atoms. The fourth-order valence-corrected chi connectivity index (χ4v) is 3.61. The lowest BCUT2D eigenvalue weighted by Gasteiger charge is -2.31. The third-order valence-electron chi connectivity index (χ3n) is 5.08. The molecule has 0 aliphatic carbocycles.